The number of thiophene rings is 1. The molecule has 1 saturated heterocycles. The van der Waals surface area contributed by atoms with Gasteiger partial charge in [0.25, 0.3) is 5.56 Å². The minimum absolute atomic E-state index is 0.0293. The predicted molar refractivity (Wildman–Crippen MR) is 125 cm³/mol. The number of benzene rings is 1. The van der Waals surface area contributed by atoms with Gasteiger partial charge in [-0.1, -0.05) is 30.0 Å². The van der Waals surface area contributed by atoms with Crippen molar-refractivity contribution >= 4 is 39.2 Å². The highest BCUT2D eigenvalue weighted by molar-refractivity contribution is 7.99. The molecular weight excluding hydrogens is 430 g/mol. The monoisotopic (exact) mass is 455 g/mol. The van der Waals surface area contributed by atoms with E-state index in [-0.39, 0.29) is 29.4 Å². The van der Waals surface area contributed by atoms with E-state index in [2.05, 4.69) is 5.38 Å². The summed E-state index contributed by atoms with van der Waals surface area (Å²) in [7, 11) is 0. The maximum atomic E-state index is 13.6. The summed E-state index contributed by atoms with van der Waals surface area (Å²) in [5.74, 6) is 0.772. The Morgan fingerprint density at radius 3 is 2.58 bits per heavy atom. The zero-order valence-corrected chi connectivity index (χ0v) is 19.2. The molecule has 1 amide bonds. The second kappa shape index (κ2) is 8.41. The normalized spacial score (nSPS) is 21.5. The van der Waals surface area contributed by atoms with Gasteiger partial charge in [0.05, 0.1) is 29.0 Å². The number of rotatable bonds is 5. The molecule has 0 bridgehead atoms. The van der Waals surface area contributed by atoms with E-state index in [1.807, 2.05) is 49.1 Å². The van der Waals surface area contributed by atoms with Crippen LogP contribution in [0.3, 0.4) is 0 Å². The van der Waals surface area contributed by atoms with Crippen LogP contribution in [0, 0.1) is 0 Å². The van der Waals surface area contributed by atoms with Gasteiger partial charge in [0.1, 0.15) is 4.83 Å². The Bertz CT molecular complexity index is 1160. The van der Waals surface area contributed by atoms with E-state index in [1.165, 1.54) is 23.1 Å². The molecule has 0 spiro atoms. The van der Waals surface area contributed by atoms with Gasteiger partial charge in [-0.3, -0.25) is 14.2 Å². The topological polar surface area (TPSA) is 64.4 Å². The Labute approximate surface area is 189 Å². The largest absolute Gasteiger partial charge is 0.372 e. The van der Waals surface area contributed by atoms with E-state index < -0.39 is 0 Å². The molecule has 1 aliphatic carbocycles. The van der Waals surface area contributed by atoms with Crippen LogP contribution in [-0.2, 0) is 9.53 Å². The SMILES string of the molecule is CC1CN(C(=O)CSc2nc3scc(C4CC4)c3c(=O)n2-c2ccccc2)CC(C)O1. The van der Waals surface area contributed by atoms with Crippen LogP contribution in [0.25, 0.3) is 15.9 Å². The number of hydrogen-bond donors (Lipinski definition) is 0. The van der Waals surface area contributed by atoms with Crippen LogP contribution in [0.4, 0.5) is 0 Å². The highest BCUT2D eigenvalue weighted by atomic mass is 32.2. The molecule has 3 aromatic rings. The van der Waals surface area contributed by atoms with Crippen LogP contribution >= 0.6 is 23.1 Å². The Morgan fingerprint density at radius 2 is 1.90 bits per heavy atom. The van der Waals surface area contributed by atoms with Crippen molar-refractivity contribution in [3.8, 4) is 5.69 Å². The van der Waals surface area contributed by atoms with E-state index in [1.54, 1.807) is 4.57 Å². The fourth-order valence-electron chi connectivity index (χ4n) is 4.19. The summed E-state index contributed by atoms with van der Waals surface area (Å²) in [6.07, 6.45) is 2.33. The average Bonchev–Trinajstić information content (AvgIpc) is 3.51. The number of thioether (sulfide) groups is 1. The number of carbonyl (C=O) groups excluding carboxylic acids is 1. The quantitative estimate of drug-likeness (QED) is 0.429. The lowest BCUT2D eigenvalue weighted by molar-refractivity contribution is -0.140. The zero-order chi connectivity index (χ0) is 21.5. The van der Waals surface area contributed by atoms with Crippen molar-refractivity contribution in [3.05, 3.63) is 51.6 Å². The third-order valence-corrected chi connectivity index (χ3v) is 7.55. The van der Waals surface area contributed by atoms with E-state index in [4.69, 9.17) is 9.72 Å². The molecule has 0 N–H and O–H groups in total. The molecule has 31 heavy (non-hydrogen) atoms. The third kappa shape index (κ3) is 4.16. The molecule has 6 nitrogen and oxygen atoms in total. The van der Waals surface area contributed by atoms with Gasteiger partial charge in [0, 0.05) is 13.1 Å². The highest BCUT2D eigenvalue weighted by Gasteiger charge is 2.30. The first-order chi connectivity index (χ1) is 15.0. The molecular formula is C23H25N3O3S2. The van der Waals surface area contributed by atoms with Crippen LogP contribution in [-0.4, -0.2) is 51.4 Å². The summed E-state index contributed by atoms with van der Waals surface area (Å²) >= 11 is 2.86. The van der Waals surface area contributed by atoms with E-state index in [9.17, 15) is 9.59 Å². The molecule has 1 aromatic carbocycles. The Kier molecular flexibility index (Phi) is 5.62. The van der Waals surface area contributed by atoms with Crippen LogP contribution in [0.1, 0.15) is 38.2 Å². The Morgan fingerprint density at radius 1 is 1.19 bits per heavy atom. The summed E-state index contributed by atoms with van der Waals surface area (Å²) < 4.78 is 7.41. The first kappa shape index (κ1) is 20.7. The summed E-state index contributed by atoms with van der Waals surface area (Å²) in [4.78, 5) is 34.0. The van der Waals surface area contributed by atoms with Crippen molar-refractivity contribution in [3.63, 3.8) is 0 Å². The first-order valence-corrected chi connectivity index (χ1v) is 12.5. The minimum atomic E-state index is -0.0390. The molecule has 2 atom stereocenters. The van der Waals surface area contributed by atoms with Crippen molar-refractivity contribution in [2.45, 2.75) is 50.0 Å². The first-order valence-electron chi connectivity index (χ1n) is 10.7. The zero-order valence-electron chi connectivity index (χ0n) is 17.6. The lowest BCUT2D eigenvalue weighted by Gasteiger charge is -2.35. The predicted octanol–water partition coefficient (Wildman–Crippen LogP) is 4.05. The molecule has 162 valence electrons. The molecule has 0 radical (unpaired) electrons. The summed E-state index contributed by atoms with van der Waals surface area (Å²) in [5.41, 5.74) is 1.87. The maximum Gasteiger partial charge on any atom is 0.267 e. The number of aromatic nitrogens is 2. The number of para-hydroxylation sites is 1. The molecule has 1 saturated carbocycles. The summed E-state index contributed by atoms with van der Waals surface area (Å²) in [5, 5.41) is 3.39. The van der Waals surface area contributed by atoms with Gasteiger partial charge in [-0.15, -0.1) is 11.3 Å². The number of nitrogens with zero attached hydrogens (tertiary/aromatic N) is 3. The lowest BCUT2D eigenvalue weighted by atomic mass is 10.1. The molecule has 2 aliphatic rings. The van der Waals surface area contributed by atoms with Gasteiger partial charge in [-0.2, -0.15) is 0 Å². The van der Waals surface area contributed by atoms with Crippen molar-refractivity contribution < 1.29 is 9.53 Å². The molecule has 8 heteroatoms. The molecule has 2 fully saturated rings. The number of ether oxygens (including phenoxy) is 1. The van der Waals surface area contributed by atoms with Crippen molar-refractivity contribution in [2.75, 3.05) is 18.8 Å². The number of hydrogen-bond acceptors (Lipinski definition) is 6. The summed E-state index contributed by atoms with van der Waals surface area (Å²) in [6.45, 7) is 5.16. The highest BCUT2D eigenvalue weighted by Crippen LogP contribution is 2.44. The van der Waals surface area contributed by atoms with E-state index in [0.29, 0.717) is 24.2 Å². The van der Waals surface area contributed by atoms with Crippen LogP contribution in [0.15, 0.2) is 45.7 Å². The smallest absolute Gasteiger partial charge is 0.267 e. The number of carbonyl (C=O) groups is 1. The van der Waals surface area contributed by atoms with Gasteiger partial charge >= 0.3 is 0 Å². The maximum absolute atomic E-state index is 13.6. The fraction of sp³-hybridized carbons (Fsp3) is 0.435. The van der Waals surface area contributed by atoms with Crippen molar-refractivity contribution in [1.82, 2.24) is 14.5 Å². The fourth-order valence-corrected chi connectivity index (χ4v) is 6.17. The summed E-state index contributed by atoms with van der Waals surface area (Å²) in [6, 6.07) is 9.58. The number of fused-ring (bicyclic) bond motifs is 1. The minimum Gasteiger partial charge on any atom is -0.372 e. The van der Waals surface area contributed by atoms with Gasteiger partial charge in [0.2, 0.25) is 5.91 Å². The second-order valence-corrected chi connectivity index (χ2v) is 10.2. The Hall–Kier alpha value is -2.16. The van der Waals surface area contributed by atoms with Gasteiger partial charge in [0.15, 0.2) is 5.16 Å². The van der Waals surface area contributed by atoms with E-state index in [0.717, 1.165) is 34.3 Å². The molecule has 3 heterocycles. The standard InChI is InChI=1S/C23H25N3O3S2/c1-14-10-25(11-15(2)29-14)19(27)13-31-23-24-21-20(18(12-30-21)16-8-9-16)22(28)26(23)17-6-4-3-5-7-17/h3-7,12,14-16H,8-11,13H2,1-2H3. The number of morpholine rings is 1. The van der Waals surface area contributed by atoms with Gasteiger partial charge in [-0.05, 0) is 55.7 Å². The van der Waals surface area contributed by atoms with Crippen LogP contribution < -0.4 is 5.56 Å². The lowest BCUT2D eigenvalue weighted by Crippen LogP contribution is -2.48. The van der Waals surface area contributed by atoms with Crippen molar-refractivity contribution in [1.29, 1.82) is 0 Å². The van der Waals surface area contributed by atoms with Crippen LogP contribution in [0.5, 0.6) is 0 Å². The third-order valence-electron chi connectivity index (χ3n) is 5.73. The average molecular weight is 456 g/mol. The molecule has 2 unspecified atom stereocenters. The molecule has 2 aromatic heterocycles. The van der Waals surface area contributed by atoms with Gasteiger partial charge in [-0.25, -0.2) is 4.98 Å². The second-order valence-electron chi connectivity index (χ2n) is 8.36. The van der Waals surface area contributed by atoms with Crippen molar-refractivity contribution in [2.24, 2.45) is 0 Å². The number of amides is 1. The molecule has 1 aliphatic heterocycles. The Balaban J connectivity index is 1.49. The van der Waals surface area contributed by atoms with E-state index >= 15 is 0 Å². The van der Waals surface area contributed by atoms with Crippen LogP contribution in [0.2, 0.25) is 0 Å². The van der Waals surface area contributed by atoms with Gasteiger partial charge < -0.3 is 9.64 Å². The molecule has 5 rings (SSSR count).